The largest absolute Gasteiger partial charge is 0.382 e. The molecule has 19 heavy (non-hydrogen) atoms. The second-order valence-electron chi connectivity index (χ2n) is 6.66. The molecule has 2 nitrogen and oxygen atoms in total. The molecule has 2 saturated carbocycles. The van der Waals surface area contributed by atoms with E-state index in [4.69, 9.17) is 5.26 Å². The lowest BCUT2D eigenvalue weighted by molar-refractivity contribution is 0.567. The van der Waals surface area contributed by atoms with Gasteiger partial charge in [0, 0.05) is 11.7 Å². The first-order valence-corrected chi connectivity index (χ1v) is 7.38. The first kappa shape index (κ1) is 12.5. The van der Waals surface area contributed by atoms with Gasteiger partial charge in [-0.2, -0.15) is 5.26 Å². The van der Waals surface area contributed by atoms with E-state index in [2.05, 4.69) is 35.7 Å². The number of nitriles is 1. The summed E-state index contributed by atoms with van der Waals surface area (Å²) in [5.74, 6) is 1.81. The molecule has 0 radical (unpaired) electrons. The fourth-order valence-corrected chi connectivity index (χ4v) is 2.77. The number of hydrogen-bond donors (Lipinski definition) is 1. The molecule has 1 aromatic rings. The fourth-order valence-electron chi connectivity index (χ4n) is 2.77. The molecule has 0 aliphatic heterocycles. The van der Waals surface area contributed by atoms with Crippen LogP contribution in [0.2, 0.25) is 0 Å². The molecule has 2 aliphatic carbocycles. The Kier molecular flexibility index (Phi) is 3.01. The smallest absolute Gasteiger partial charge is 0.0766 e. The van der Waals surface area contributed by atoms with Crippen LogP contribution < -0.4 is 5.32 Å². The molecule has 0 heterocycles. The van der Waals surface area contributed by atoms with Crippen LogP contribution in [-0.4, -0.2) is 6.04 Å². The summed E-state index contributed by atoms with van der Waals surface area (Å²) in [5.41, 5.74) is 1.90. The van der Waals surface area contributed by atoms with E-state index in [1.54, 1.807) is 0 Å². The molecular weight excluding hydrogens is 232 g/mol. The minimum atomic E-state index is -0.398. The molecule has 1 aromatic carbocycles. The van der Waals surface area contributed by atoms with Crippen molar-refractivity contribution in [3.05, 3.63) is 29.8 Å². The summed E-state index contributed by atoms with van der Waals surface area (Å²) in [6, 6.07) is 11.5. The molecule has 2 aliphatic rings. The third-order valence-corrected chi connectivity index (χ3v) is 4.48. The molecule has 0 aromatic heterocycles. The maximum Gasteiger partial charge on any atom is 0.0766 e. The monoisotopic (exact) mass is 254 g/mol. The van der Waals surface area contributed by atoms with E-state index in [9.17, 15) is 0 Å². The Labute approximate surface area is 115 Å². The molecule has 0 spiro atoms. The standard InChI is InChI=1S/C17H22N2/c1-17(2,11-18)14-7-9-15(10-8-14)19-16(12-3-4-12)13-5-6-13/h7-10,12-13,16,19H,3-6H2,1-2H3. The van der Waals surface area contributed by atoms with Crippen LogP contribution in [0.4, 0.5) is 5.69 Å². The summed E-state index contributed by atoms with van der Waals surface area (Å²) < 4.78 is 0. The number of hydrogen-bond acceptors (Lipinski definition) is 2. The number of rotatable bonds is 5. The molecule has 0 atom stereocenters. The molecule has 0 saturated heterocycles. The van der Waals surface area contributed by atoms with Gasteiger partial charge in [0.05, 0.1) is 11.5 Å². The van der Waals surface area contributed by atoms with Crippen molar-refractivity contribution in [3.63, 3.8) is 0 Å². The second kappa shape index (κ2) is 4.56. The summed E-state index contributed by atoms with van der Waals surface area (Å²) in [6.07, 6.45) is 5.59. The van der Waals surface area contributed by atoms with E-state index in [0.717, 1.165) is 17.4 Å². The van der Waals surface area contributed by atoms with Gasteiger partial charge in [-0.3, -0.25) is 0 Å². The highest BCUT2D eigenvalue weighted by molar-refractivity contribution is 5.48. The van der Waals surface area contributed by atoms with Gasteiger partial charge in [-0.15, -0.1) is 0 Å². The first-order valence-electron chi connectivity index (χ1n) is 7.38. The van der Waals surface area contributed by atoms with Crippen molar-refractivity contribution in [3.8, 4) is 6.07 Å². The lowest BCUT2D eigenvalue weighted by Crippen LogP contribution is -2.24. The van der Waals surface area contributed by atoms with Crippen LogP contribution in [0.15, 0.2) is 24.3 Å². The fraction of sp³-hybridized carbons (Fsp3) is 0.588. The number of anilines is 1. The van der Waals surface area contributed by atoms with Crippen molar-refractivity contribution in [2.24, 2.45) is 11.8 Å². The maximum atomic E-state index is 9.16. The van der Waals surface area contributed by atoms with E-state index in [0.29, 0.717) is 6.04 Å². The van der Waals surface area contributed by atoms with Gasteiger partial charge in [-0.25, -0.2) is 0 Å². The van der Waals surface area contributed by atoms with Gasteiger partial charge < -0.3 is 5.32 Å². The van der Waals surface area contributed by atoms with E-state index in [1.165, 1.54) is 31.4 Å². The zero-order chi connectivity index (χ0) is 13.5. The Morgan fingerprint density at radius 3 is 2.05 bits per heavy atom. The third kappa shape index (κ3) is 2.76. The zero-order valence-corrected chi connectivity index (χ0v) is 11.8. The Balaban J connectivity index is 1.70. The van der Waals surface area contributed by atoms with Crippen molar-refractivity contribution in [1.29, 1.82) is 5.26 Å². The molecule has 0 amide bonds. The van der Waals surface area contributed by atoms with E-state index in [-0.39, 0.29) is 0 Å². The van der Waals surface area contributed by atoms with E-state index in [1.807, 2.05) is 13.8 Å². The Bertz CT molecular complexity index is 475. The third-order valence-electron chi connectivity index (χ3n) is 4.48. The summed E-state index contributed by atoms with van der Waals surface area (Å²) in [7, 11) is 0. The molecule has 3 rings (SSSR count). The number of benzene rings is 1. The summed E-state index contributed by atoms with van der Waals surface area (Å²) in [5, 5.41) is 12.9. The lowest BCUT2D eigenvalue weighted by Gasteiger charge is -2.21. The van der Waals surface area contributed by atoms with Gasteiger partial charge in [0.15, 0.2) is 0 Å². The predicted molar refractivity (Wildman–Crippen MR) is 77.9 cm³/mol. The van der Waals surface area contributed by atoms with Gasteiger partial charge in [0.2, 0.25) is 0 Å². The average molecular weight is 254 g/mol. The average Bonchev–Trinajstić information content (AvgIpc) is 3.30. The highest BCUT2D eigenvalue weighted by Gasteiger charge is 2.41. The quantitative estimate of drug-likeness (QED) is 0.859. The van der Waals surface area contributed by atoms with Gasteiger partial charge >= 0.3 is 0 Å². The van der Waals surface area contributed by atoms with Crippen LogP contribution in [0.5, 0.6) is 0 Å². The number of nitrogens with zero attached hydrogens (tertiary/aromatic N) is 1. The van der Waals surface area contributed by atoms with Crippen LogP contribution in [0, 0.1) is 23.2 Å². The van der Waals surface area contributed by atoms with Gasteiger partial charge in [-0.1, -0.05) is 12.1 Å². The van der Waals surface area contributed by atoms with Crippen molar-refractivity contribution in [2.75, 3.05) is 5.32 Å². The maximum absolute atomic E-state index is 9.16. The Morgan fingerprint density at radius 2 is 1.63 bits per heavy atom. The van der Waals surface area contributed by atoms with Crippen molar-refractivity contribution in [1.82, 2.24) is 0 Å². The first-order chi connectivity index (χ1) is 9.10. The van der Waals surface area contributed by atoms with E-state index >= 15 is 0 Å². The predicted octanol–water partition coefficient (Wildman–Crippen LogP) is 4.09. The zero-order valence-electron chi connectivity index (χ0n) is 11.8. The van der Waals surface area contributed by atoms with Crippen LogP contribution in [-0.2, 0) is 5.41 Å². The van der Waals surface area contributed by atoms with Crippen molar-refractivity contribution >= 4 is 5.69 Å². The van der Waals surface area contributed by atoms with Crippen molar-refractivity contribution < 1.29 is 0 Å². The topological polar surface area (TPSA) is 35.8 Å². The van der Waals surface area contributed by atoms with Gasteiger partial charge in [-0.05, 0) is 69.1 Å². The Morgan fingerprint density at radius 1 is 1.11 bits per heavy atom. The van der Waals surface area contributed by atoms with Crippen molar-refractivity contribution in [2.45, 2.75) is 51.0 Å². The highest BCUT2D eigenvalue weighted by Crippen LogP contribution is 2.45. The minimum Gasteiger partial charge on any atom is -0.382 e. The molecular formula is C17H22N2. The minimum absolute atomic E-state index is 0.398. The molecule has 1 N–H and O–H groups in total. The molecule has 0 unspecified atom stereocenters. The van der Waals surface area contributed by atoms with Crippen LogP contribution in [0.3, 0.4) is 0 Å². The van der Waals surface area contributed by atoms with Gasteiger partial charge in [0.1, 0.15) is 0 Å². The molecule has 2 heteroatoms. The summed E-state index contributed by atoms with van der Waals surface area (Å²) in [6.45, 7) is 3.93. The lowest BCUT2D eigenvalue weighted by atomic mass is 9.86. The van der Waals surface area contributed by atoms with Gasteiger partial charge in [0.25, 0.3) is 0 Å². The summed E-state index contributed by atoms with van der Waals surface area (Å²) >= 11 is 0. The second-order valence-corrected chi connectivity index (χ2v) is 6.66. The summed E-state index contributed by atoms with van der Waals surface area (Å²) in [4.78, 5) is 0. The SMILES string of the molecule is CC(C)(C#N)c1ccc(NC(C2CC2)C2CC2)cc1. The molecule has 2 fully saturated rings. The van der Waals surface area contributed by atoms with Crippen LogP contribution in [0.1, 0.15) is 45.1 Å². The highest BCUT2D eigenvalue weighted by atomic mass is 15.0. The van der Waals surface area contributed by atoms with Crippen LogP contribution in [0.25, 0.3) is 0 Å². The Hall–Kier alpha value is -1.49. The molecule has 0 bridgehead atoms. The normalized spacial score (nSPS) is 19.3. The number of nitrogens with one attached hydrogen (secondary N) is 1. The molecule has 100 valence electrons. The van der Waals surface area contributed by atoms with Crippen LogP contribution >= 0.6 is 0 Å². The van der Waals surface area contributed by atoms with E-state index < -0.39 is 5.41 Å².